The van der Waals surface area contributed by atoms with Crippen LogP contribution in [-0.2, 0) is 6.42 Å². The zero-order chi connectivity index (χ0) is 10.5. The van der Waals surface area contributed by atoms with E-state index in [-0.39, 0.29) is 6.61 Å². The zero-order valence-electron chi connectivity index (χ0n) is 8.43. The maximum Gasteiger partial charge on any atom is 0.0471 e. The highest BCUT2D eigenvalue weighted by molar-refractivity contribution is 5.66. The molecule has 0 radical (unpaired) electrons. The molecule has 2 nitrogen and oxygen atoms in total. The van der Waals surface area contributed by atoms with E-state index in [9.17, 15) is 0 Å². The van der Waals surface area contributed by atoms with E-state index < -0.39 is 0 Å². The Morgan fingerprint density at radius 2 is 1.93 bits per heavy atom. The first kappa shape index (κ1) is 9.87. The van der Waals surface area contributed by atoms with Crippen molar-refractivity contribution in [3.05, 3.63) is 54.4 Å². The number of pyridine rings is 1. The Balaban J connectivity index is 2.43. The fourth-order valence-corrected chi connectivity index (χ4v) is 1.66. The van der Waals surface area contributed by atoms with Gasteiger partial charge in [0.05, 0.1) is 0 Å². The number of benzene rings is 1. The van der Waals surface area contributed by atoms with Crippen LogP contribution in [0, 0.1) is 0 Å². The molecule has 0 saturated heterocycles. The van der Waals surface area contributed by atoms with Crippen LogP contribution in [0.5, 0.6) is 0 Å². The molecule has 0 bridgehead atoms. The maximum atomic E-state index is 8.98. The van der Waals surface area contributed by atoms with Gasteiger partial charge in [0.15, 0.2) is 0 Å². The van der Waals surface area contributed by atoms with Gasteiger partial charge in [-0.25, -0.2) is 0 Å². The number of aromatic nitrogens is 1. The van der Waals surface area contributed by atoms with Gasteiger partial charge in [-0.3, -0.25) is 4.98 Å². The third kappa shape index (κ3) is 2.22. The van der Waals surface area contributed by atoms with Crippen LogP contribution in [0.15, 0.2) is 48.8 Å². The molecule has 2 rings (SSSR count). The molecule has 2 heteroatoms. The molecule has 0 amide bonds. The van der Waals surface area contributed by atoms with Gasteiger partial charge in [0.1, 0.15) is 0 Å². The van der Waals surface area contributed by atoms with E-state index in [4.69, 9.17) is 5.11 Å². The van der Waals surface area contributed by atoms with Crippen LogP contribution < -0.4 is 0 Å². The average molecular weight is 199 g/mol. The third-order valence-electron chi connectivity index (χ3n) is 2.37. The Kier molecular flexibility index (Phi) is 3.10. The topological polar surface area (TPSA) is 33.1 Å². The van der Waals surface area contributed by atoms with Crippen LogP contribution in [0.3, 0.4) is 0 Å². The molecule has 0 aliphatic rings. The number of nitrogens with zero attached hydrogens (tertiary/aromatic N) is 1. The summed E-state index contributed by atoms with van der Waals surface area (Å²) < 4.78 is 0. The minimum Gasteiger partial charge on any atom is -0.396 e. The number of hydrogen-bond acceptors (Lipinski definition) is 2. The van der Waals surface area contributed by atoms with Gasteiger partial charge < -0.3 is 5.11 Å². The Morgan fingerprint density at radius 3 is 2.67 bits per heavy atom. The van der Waals surface area contributed by atoms with Gasteiger partial charge in [-0.1, -0.05) is 30.3 Å². The number of aliphatic hydroxyl groups is 1. The van der Waals surface area contributed by atoms with Crippen molar-refractivity contribution in [2.45, 2.75) is 6.42 Å². The highest BCUT2D eigenvalue weighted by Gasteiger charge is 2.02. The number of aliphatic hydroxyl groups excluding tert-OH is 1. The normalized spacial score (nSPS) is 10.2. The lowest BCUT2D eigenvalue weighted by molar-refractivity contribution is 0.300. The first-order valence-corrected chi connectivity index (χ1v) is 5.01. The van der Waals surface area contributed by atoms with Crippen LogP contribution in [0.4, 0.5) is 0 Å². The summed E-state index contributed by atoms with van der Waals surface area (Å²) in [5.41, 5.74) is 3.41. The lowest BCUT2D eigenvalue weighted by atomic mass is 9.99. The van der Waals surface area contributed by atoms with Crippen LogP contribution in [0.25, 0.3) is 11.1 Å². The Morgan fingerprint density at radius 1 is 1.07 bits per heavy atom. The summed E-state index contributed by atoms with van der Waals surface area (Å²) >= 11 is 0. The fourth-order valence-electron chi connectivity index (χ4n) is 1.66. The molecule has 15 heavy (non-hydrogen) atoms. The van der Waals surface area contributed by atoms with Gasteiger partial charge in [-0.2, -0.15) is 0 Å². The van der Waals surface area contributed by atoms with E-state index >= 15 is 0 Å². The van der Waals surface area contributed by atoms with Gasteiger partial charge in [-0.05, 0) is 23.6 Å². The van der Waals surface area contributed by atoms with Crippen molar-refractivity contribution in [2.75, 3.05) is 6.61 Å². The molecule has 1 aromatic heterocycles. The highest BCUT2D eigenvalue weighted by Crippen LogP contribution is 2.22. The van der Waals surface area contributed by atoms with Gasteiger partial charge in [0.2, 0.25) is 0 Å². The summed E-state index contributed by atoms with van der Waals surface area (Å²) in [6, 6.07) is 12.0. The quantitative estimate of drug-likeness (QED) is 0.822. The lowest BCUT2D eigenvalue weighted by Crippen LogP contribution is -1.93. The monoisotopic (exact) mass is 199 g/mol. The molecule has 1 heterocycles. The van der Waals surface area contributed by atoms with Crippen LogP contribution >= 0.6 is 0 Å². The van der Waals surface area contributed by atoms with E-state index in [1.165, 1.54) is 0 Å². The molecule has 2 aromatic rings. The molecule has 0 aliphatic carbocycles. The maximum absolute atomic E-state index is 8.98. The summed E-state index contributed by atoms with van der Waals surface area (Å²) in [7, 11) is 0. The van der Waals surface area contributed by atoms with Crippen molar-refractivity contribution >= 4 is 0 Å². The van der Waals surface area contributed by atoms with Crippen LogP contribution in [-0.4, -0.2) is 16.7 Å². The summed E-state index contributed by atoms with van der Waals surface area (Å²) in [6.07, 6.45) is 4.29. The standard InChI is InChI=1S/C13H13NO/c15-9-7-11-4-1-2-6-13(11)12-5-3-8-14-10-12/h1-6,8,10,15H,7,9H2. The largest absolute Gasteiger partial charge is 0.396 e. The Labute approximate surface area is 89.2 Å². The second-order valence-electron chi connectivity index (χ2n) is 3.37. The average Bonchev–Trinajstić information content (AvgIpc) is 2.31. The molecule has 1 aromatic carbocycles. The number of rotatable bonds is 3. The van der Waals surface area contributed by atoms with Crippen molar-refractivity contribution in [2.24, 2.45) is 0 Å². The first-order chi connectivity index (χ1) is 7.42. The molecule has 0 spiro atoms. The van der Waals surface area contributed by atoms with Crippen LogP contribution in [0.2, 0.25) is 0 Å². The molecule has 1 N–H and O–H groups in total. The Hall–Kier alpha value is -1.67. The van der Waals surface area contributed by atoms with Crippen molar-refractivity contribution in [3.8, 4) is 11.1 Å². The minimum absolute atomic E-state index is 0.178. The van der Waals surface area contributed by atoms with Crippen LogP contribution in [0.1, 0.15) is 5.56 Å². The Bertz CT molecular complexity index is 426. The van der Waals surface area contributed by atoms with Crippen molar-refractivity contribution in [3.63, 3.8) is 0 Å². The van der Waals surface area contributed by atoms with E-state index in [1.54, 1.807) is 6.20 Å². The predicted molar refractivity (Wildman–Crippen MR) is 60.5 cm³/mol. The summed E-state index contributed by atoms with van der Waals surface area (Å²) in [5.74, 6) is 0. The van der Waals surface area contributed by atoms with Gasteiger partial charge in [0.25, 0.3) is 0 Å². The van der Waals surface area contributed by atoms with Crippen molar-refractivity contribution in [1.82, 2.24) is 4.98 Å². The molecule has 0 saturated carbocycles. The van der Waals surface area contributed by atoms with E-state index in [0.717, 1.165) is 16.7 Å². The lowest BCUT2D eigenvalue weighted by Gasteiger charge is -2.07. The van der Waals surface area contributed by atoms with Gasteiger partial charge >= 0.3 is 0 Å². The molecule has 0 fully saturated rings. The third-order valence-corrected chi connectivity index (χ3v) is 2.37. The predicted octanol–water partition coefficient (Wildman–Crippen LogP) is 2.28. The highest BCUT2D eigenvalue weighted by atomic mass is 16.2. The summed E-state index contributed by atoms with van der Waals surface area (Å²) in [6.45, 7) is 0.178. The molecular weight excluding hydrogens is 186 g/mol. The first-order valence-electron chi connectivity index (χ1n) is 5.01. The molecule has 0 unspecified atom stereocenters. The van der Waals surface area contributed by atoms with E-state index in [1.807, 2.05) is 36.5 Å². The van der Waals surface area contributed by atoms with Gasteiger partial charge in [-0.15, -0.1) is 0 Å². The van der Waals surface area contributed by atoms with Crippen molar-refractivity contribution < 1.29 is 5.11 Å². The number of hydrogen-bond donors (Lipinski definition) is 1. The molecule has 76 valence electrons. The van der Waals surface area contributed by atoms with Crippen molar-refractivity contribution in [1.29, 1.82) is 0 Å². The minimum atomic E-state index is 0.178. The summed E-state index contributed by atoms with van der Waals surface area (Å²) in [5, 5.41) is 8.98. The summed E-state index contributed by atoms with van der Waals surface area (Å²) in [4.78, 5) is 4.10. The van der Waals surface area contributed by atoms with E-state index in [0.29, 0.717) is 6.42 Å². The molecule has 0 aliphatic heterocycles. The molecular formula is C13H13NO. The van der Waals surface area contributed by atoms with E-state index in [2.05, 4.69) is 11.1 Å². The second kappa shape index (κ2) is 4.71. The molecule has 0 atom stereocenters. The fraction of sp³-hybridized carbons (Fsp3) is 0.154. The second-order valence-corrected chi connectivity index (χ2v) is 3.37. The van der Waals surface area contributed by atoms with Gasteiger partial charge in [0, 0.05) is 24.6 Å². The smallest absolute Gasteiger partial charge is 0.0471 e. The zero-order valence-corrected chi connectivity index (χ0v) is 8.43. The SMILES string of the molecule is OCCc1ccccc1-c1cccnc1.